The van der Waals surface area contributed by atoms with Crippen molar-refractivity contribution in [3.8, 4) is 0 Å². The topological polar surface area (TPSA) is 159 Å². The number of nitrogens with zero attached hydrogens (tertiary/aromatic N) is 1. The predicted octanol–water partition coefficient (Wildman–Crippen LogP) is 4.77. The van der Waals surface area contributed by atoms with Gasteiger partial charge in [0.1, 0.15) is 6.10 Å². The second-order valence-electron chi connectivity index (χ2n) is 13.7. The van der Waals surface area contributed by atoms with Crippen molar-refractivity contribution in [1.82, 2.24) is 14.6 Å². The first-order chi connectivity index (χ1) is 24.5. The van der Waals surface area contributed by atoms with Crippen LogP contribution in [0.1, 0.15) is 37.1 Å². The fourth-order valence-electron chi connectivity index (χ4n) is 6.98. The number of carbonyl (C=O) groups is 2. The van der Waals surface area contributed by atoms with Gasteiger partial charge < -0.3 is 34.9 Å². The van der Waals surface area contributed by atoms with Gasteiger partial charge in [-0.15, -0.1) is 0 Å². The molecule has 0 saturated carbocycles. The molecule has 5 atom stereocenters. The summed E-state index contributed by atoms with van der Waals surface area (Å²) in [6.45, 7) is 4.34. The maximum absolute atomic E-state index is 14.4. The molecule has 3 aliphatic heterocycles. The number of amides is 2. The van der Waals surface area contributed by atoms with Crippen LogP contribution in [0.15, 0.2) is 83.8 Å². The predicted molar refractivity (Wildman–Crippen MR) is 192 cm³/mol. The van der Waals surface area contributed by atoms with Crippen molar-refractivity contribution in [3.63, 3.8) is 0 Å². The number of anilines is 1. The maximum Gasteiger partial charge on any atom is 0.407 e. The second kappa shape index (κ2) is 14.6. The Kier molecular flexibility index (Phi) is 9.99. The largest absolute Gasteiger partial charge is 0.443 e. The van der Waals surface area contributed by atoms with Gasteiger partial charge in [0.2, 0.25) is 10.0 Å². The molecular formula is C38H42N4O8S. The molecule has 2 saturated heterocycles. The molecule has 0 aliphatic carbocycles. The van der Waals surface area contributed by atoms with E-state index >= 15 is 0 Å². The quantitative estimate of drug-likeness (QED) is 0.153. The number of sulfonamides is 1. The van der Waals surface area contributed by atoms with Gasteiger partial charge in [0.05, 0.1) is 41.7 Å². The van der Waals surface area contributed by atoms with Crippen molar-refractivity contribution in [3.05, 3.63) is 95.7 Å². The summed E-state index contributed by atoms with van der Waals surface area (Å²) in [6.07, 6.45) is -0.240. The van der Waals surface area contributed by atoms with Gasteiger partial charge in [0, 0.05) is 35.6 Å². The van der Waals surface area contributed by atoms with E-state index < -0.39 is 40.7 Å². The number of H-pyrrole nitrogens is 1. The summed E-state index contributed by atoms with van der Waals surface area (Å²) in [5.41, 5.74) is 3.77. The Morgan fingerprint density at radius 1 is 1.06 bits per heavy atom. The van der Waals surface area contributed by atoms with Gasteiger partial charge in [-0.25, -0.2) is 13.2 Å². The molecule has 268 valence electrons. The van der Waals surface area contributed by atoms with Gasteiger partial charge in [-0.1, -0.05) is 62.4 Å². The van der Waals surface area contributed by atoms with E-state index in [1.165, 1.54) is 16.4 Å². The highest BCUT2D eigenvalue weighted by Gasteiger charge is 2.44. The number of benzene rings is 3. The van der Waals surface area contributed by atoms with Crippen LogP contribution < -0.4 is 10.6 Å². The Labute approximate surface area is 296 Å². The third-order valence-corrected chi connectivity index (χ3v) is 11.4. The number of aliphatic hydroxyl groups excluding tert-OH is 1. The number of nitrogens with one attached hydrogen (secondary N) is 3. The van der Waals surface area contributed by atoms with Gasteiger partial charge >= 0.3 is 6.09 Å². The molecule has 13 heteroatoms. The molecule has 3 aliphatic rings. The highest BCUT2D eigenvalue weighted by Crippen LogP contribution is 2.36. The monoisotopic (exact) mass is 714 g/mol. The number of rotatable bonds is 12. The fraction of sp³-hybridized carbons (Fsp3) is 0.368. The SMILES string of the molecule is CC(C)CN(C[C@@H](O)[C@H](Cc1ccccc1)NC(=O)OC1COC2OCCC12)S(=O)(=O)c1ccc2c(c1)/C(=C/c1cc3ccccc3[nH]1)C(=O)N2. The summed E-state index contributed by atoms with van der Waals surface area (Å²) in [6, 6.07) is 22.7. The third-order valence-electron chi connectivity index (χ3n) is 9.53. The summed E-state index contributed by atoms with van der Waals surface area (Å²) >= 11 is 0. The Balaban J connectivity index is 1.13. The number of alkyl carbamates (subject to hydrolysis) is 1. The Hall–Kier alpha value is -4.53. The summed E-state index contributed by atoms with van der Waals surface area (Å²) in [4.78, 5) is 29.5. The van der Waals surface area contributed by atoms with E-state index in [1.807, 2.05) is 74.5 Å². The first-order valence-electron chi connectivity index (χ1n) is 17.2. The highest BCUT2D eigenvalue weighted by molar-refractivity contribution is 7.89. The van der Waals surface area contributed by atoms with Crippen molar-refractivity contribution in [2.75, 3.05) is 31.6 Å². The van der Waals surface area contributed by atoms with Gasteiger partial charge in [-0.2, -0.15) is 4.31 Å². The number of hydrogen-bond acceptors (Lipinski definition) is 8. The number of hydrogen-bond donors (Lipinski definition) is 4. The highest BCUT2D eigenvalue weighted by atomic mass is 32.2. The van der Waals surface area contributed by atoms with Crippen LogP contribution in [0, 0.1) is 11.8 Å². The smallest absolute Gasteiger partial charge is 0.407 e. The summed E-state index contributed by atoms with van der Waals surface area (Å²) in [5.74, 6) is -0.485. The van der Waals surface area contributed by atoms with Crippen LogP contribution in [0.25, 0.3) is 22.6 Å². The second-order valence-corrected chi connectivity index (χ2v) is 15.7. The molecule has 4 aromatic rings. The van der Waals surface area contributed by atoms with Crippen molar-refractivity contribution >= 4 is 50.3 Å². The van der Waals surface area contributed by atoms with E-state index in [1.54, 1.807) is 12.1 Å². The molecule has 3 unspecified atom stereocenters. The molecule has 1 aromatic heterocycles. The molecule has 2 amide bonds. The molecule has 4 N–H and O–H groups in total. The lowest BCUT2D eigenvalue weighted by molar-refractivity contribution is -0.110. The average molecular weight is 715 g/mol. The van der Waals surface area contributed by atoms with Crippen LogP contribution in [-0.2, 0) is 35.4 Å². The molecule has 0 spiro atoms. The van der Waals surface area contributed by atoms with Crippen molar-refractivity contribution in [2.24, 2.45) is 11.8 Å². The summed E-state index contributed by atoms with van der Waals surface area (Å²) in [7, 11) is -4.19. The van der Waals surface area contributed by atoms with E-state index in [0.29, 0.717) is 35.5 Å². The van der Waals surface area contributed by atoms with Gasteiger partial charge in [0.15, 0.2) is 6.29 Å². The zero-order valence-corrected chi connectivity index (χ0v) is 29.3. The normalized spacial score (nSPS) is 21.9. The number of aromatic nitrogens is 1. The van der Waals surface area contributed by atoms with Crippen LogP contribution in [0.4, 0.5) is 10.5 Å². The van der Waals surface area contributed by atoms with Crippen molar-refractivity contribution in [2.45, 2.75) is 56.1 Å². The van der Waals surface area contributed by atoms with Gasteiger partial charge in [-0.05, 0) is 66.1 Å². The van der Waals surface area contributed by atoms with Crippen molar-refractivity contribution < 1.29 is 37.3 Å². The molecule has 0 radical (unpaired) electrons. The number of aromatic amines is 1. The summed E-state index contributed by atoms with van der Waals surface area (Å²) < 4.78 is 46.8. The van der Waals surface area contributed by atoms with Crippen LogP contribution in [0.5, 0.6) is 0 Å². The number of carbonyl (C=O) groups excluding carboxylic acids is 2. The van der Waals surface area contributed by atoms with Crippen LogP contribution in [0.3, 0.4) is 0 Å². The maximum atomic E-state index is 14.4. The number of fused-ring (bicyclic) bond motifs is 3. The lowest BCUT2D eigenvalue weighted by atomic mass is 10.0. The summed E-state index contributed by atoms with van der Waals surface area (Å²) in [5, 5.41) is 18.3. The number of para-hydroxylation sites is 1. The number of ether oxygens (including phenoxy) is 3. The lowest BCUT2D eigenvalue weighted by Gasteiger charge is -2.31. The molecule has 0 bridgehead atoms. The van der Waals surface area contributed by atoms with Crippen molar-refractivity contribution in [1.29, 1.82) is 0 Å². The first kappa shape index (κ1) is 34.9. The molecule has 4 heterocycles. The van der Waals surface area contributed by atoms with Gasteiger partial charge in [-0.3, -0.25) is 4.79 Å². The standard InChI is InChI=1S/C38H42N4O8S/c1-23(2)20-42(21-34(43)33(16-24-8-4-3-5-9-24)41-38(45)50-35-22-49-37-28(35)14-15-48-37)51(46,47)27-12-13-32-29(19-27)30(36(44)40-32)18-26-17-25-10-6-7-11-31(25)39-26/h3-13,17-19,23,28,33-35,37,39,43H,14-16,20-22H2,1-2H3,(H,40,44)(H,41,45)/b30-18-/t28?,33-,34+,35?,37?/m0/s1. The molecule has 2 fully saturated rings. The minimum atomic E-state index is -4.19. The zero-order chi connectivity index (χ0) is 35.7. The number of aliphatic hydroxyl groups is 1. The minimum absolute atomic E-state index is 0.0188. The minimum Gasteiger partial charge on any atom is -0.443 e. The third kappa shape index (κ3) is 7.58. The molecule has 7 rings (SSSR count). The van der Waals surface area contributed by atoms with Crippen LogP contribution >= 0.6 is 0 Å². The molecule has 12 nitrogen and oxygen atoms in total. The Morgan fingerprint density at radius 2 is 1.84 bits per heavy atom. The van der Waals surface area contributed by atoms with Crippen LogP contribution in [0.2, 0.25) is 0 Å². The Morgan fingerprint density at radius 3 is 2.63 bits per heavy atom. The van der Waals surface area contributed by atoms with Gasteiger partial charge in [0.25, 0.3) is 5.91 Å². The molecule has 51 heavy (non-hydrogen) atoms. The Bertz CT molecular complexity index is 2010. The van der Waals surface area contributed by atoms with E-state index in [0.717, 1.165) is 16.5 Å². The first-order valence-corrected chi connectivity index (χ1v) is 18.7. The van der Waals surface area contributed by atoms with E-state index in [-0.39, 0.29) is 48.8 Å². The fourth-order valence-corrected chi connectivity index (χ4v) is 8.63. The van der Waals surface area contributed by atoms with Crippen LogP contribution in [-0.4, -0.2) is 85.7 Å². The average Bonchev–Trinajstić information content (AvgIpc) is 3.89. The van der Waals surface area contributed by atoms with E-state index in [2.05, 4.69) is 15.6 Å². The molecule has 3 aromatic carbocycles. The zero-order valence-electron chi connectivity index (χ0n) is 28.5. The lowest BCUT2D eigenvalue weighted by Crippen LogP contribution is -2.51. The molecular weight excluding hydrogens is 673 g/mol. The van der Waals surface area contributed by atoms with E-state index in [4.69, 9.17) is 14.2 Å². The van der Waals surface area contributed by atoms with E-state index in [9.17, 15) is 23.1 Å².